The quantitative estimate of drug-likeness (QED) is 0.608. The van der Waals surface area contributed by atoms with E-state index in [0.29, 0.717) is 17.9 Å². The summed E-state index contributed by atoms with van der Waals surface area (Å²) in [5, 5.41) is 20.4. The van der Waals surface area contributed by atoms with Crippen molar-refractivity contribution in [2.24, 2.45) is 0 Å². The number of para-hydroxylation sites is 1. The number of carbonyl (C=O) groups is 1. The number of carbonyl (C=O) groups excluding carboxylic acids is 1. The van der Waals surface area contributed by atoms with Crippen LogP contribution in [0.4, 0.5) is 0 Å². The maximum absolute atomic E-state index is 13.4. The van der Waals surface area contributed by atoms with E-state index >= 15 is 0 Å². The van der Waals surface area contributed by atoms with Gasteiger partial charge in [-0.2, -0.15) is 5.26 Å². The van der Waals surface area contributed by atoms with Crippen LogP contribution >= 0.6 is 0 Å². The number of nitriles is 1. The first-order valence-corrected chi connectivity index (χ1v) is 9.51. The third-order valence-electron chi connectivity index (χ3n) is 4.68. The van der Waals surface area contributed by atoms with E-state index in [2.05, 4.69) is 4.98 Å². The molecule has 0 bridgehead atoms. The first kappa shape index (κ1) is 20.8. The average Bonchev–Trinajstić information content (AvgIpc) is 2.76. The second kappa shape index (κ2) is 9.05. The molecule has 0 atom stereocenters. The topological polar surface area (TPSA) is 105 Å². The number of aromatic hydroxyl groups is 1. The molecule has 1 aromatic carbocycles. The SMILES string of the molecule is CCCOc1ccccc1C(=O)c1c(C)c(C#N)c(=O)n(Cc2cccnc2)c1O. The Hall–Kier alpha value is -3.92. The molecule has 7 nitrogen and oxygen atoms in total. The highest BCUT2D eigenvalue weighted by Crippen LogP contribution is 2.29. The molecule has 2 aromatic heterocycles. The second-order valence-corrected chi connectivity index (χ2v) is 6.74. The molecule has 3 aromatic rings. The molecule has 0 fully saturated rings. The lowest BCUT2D eigenvalue weighted by atomic mass is 9.96. The van der Waals surface area contributed by atoms with Gasteiger partial charge in [0.15, 0.2) is 0 Å². The fourth-order valence-corrected chi connectivity index (χ4v) is 3.17. The minimum absolute atomic E-state index is 0.0261. The summed E-state index contributed by atoms with van der Waals surface area (Å²) in [6, 6.07) is 12.0. The third-order valence-corrected chi connectivity index (χ3v) is 4.68. The van der Waals surface area contributed by atoms with E-state index in [0.717, 1.165) is 11.0 Å². The van der Waals surface area contributed by atoms with E-state index in [1.54, 1.807) is 48.8 Å². The van der Waals surface area contributed by atoms with Crippen LogP contribution in [0.2, 0.25) is 0 Å². The maximum atomic E-state index is 13.4. The normalized spacial score (nSPS) is 10.4. The average molecular weight is 403 g/mol. The summed E-state index contributed by atoms with van der Waals surface area (Å²) in [4.78, 5) is 30.2. The molecule has 0 aliphatic rings. The lowest BCUT2D eigenvalue weighted by Crippen LogP contribution is -2.27. The fraction of sp³-hybridized carbons (Fsp3) is 0.217. The van der Waals surface area contributed by atoms with Gasteiger partial charge in [-0.3, -0.25) is 19.1 Å². The molecular weight excluding hydrogens is 382 g/mol. The summed E-state index contributed by atoms with van der Waals surface area (Å²) in [5.74, 6) is -0.629. The smallest absolute Gasteiger partial charge is 0.271 e. The van der Waals surface area contributed by atoms with Gasteiger partial charge in [-0.15, -0.1) is 0 Å². The Morgan fingerprint density at radius 1 is 1.27 bits per heavy atom. The molecule has 2 heterocycles. The highest BCUT2D eigenvalue weighted by molar-refractivity contribution is 6.13. The van der Waals surface area contributed by atoms with Crippen LogP contribution < -0.4 is 10.3 Å². The van der Waals surface area contributed by atoms with Gasteiger partial charge in [0.25, 0.3) is 5.56 Å². The molecule has 0 amide bonds. The van der Waals surface area contributed by atoms with Crippen molar-refractivity contribution in [1.29, 1.82) is 5.26 Å². The third kappa shape index (κ3) is 3.94. The lowest BCUT2D eigenvalue weighted by molar-refractivity contribution is 0.103. The molecular formula is C23H21N3O4. The van der Waals surface area contributed by atoms with Crippen molar-refractivity contribution in [3.8, 4) is 17.7 Å². The van der Waals surface area contributed by atoms with E-state index in [-0.39, 0.29) is 28.8 Å². The monoisotopic (exact) mass is 403 g/mol. The summed E-state index contributed by atoms with van der Waals surface area (Å²) >= 11 is 0. The number of nitrogens with zero attached hydrogens (tertiary/aromatic N) is 3. The van der Waals surface area contributed by atoms with Crippen molar-refractivity contribution in [2.45, 2.75) is 26.8 Å². The number of ketones is 1. The van der Waals surface area contributed by atoms with E-state index < -0.39 is 17.2 Å². The Labute approximate surface area is 173 Å². The molecule has 0 saturated carbocycles. The second-order valence-electron chi connectivity index (χ2n) is 6.74. The van der Waals surface area contributed by atoms with Crippen molar-refractivity contribution < 1.29 is 14.6 Å². The number of ether oxygens (including phenoxy) is 1. The predicted octanol–water partition coefficient (Wildman–Crippen LogP) is 3.20. The Morgan fingerprint density at radius 3 is 2.70 bits per heavy atom. The summed E-state index contributed by atoms with van der Waals surface area (Å²) < 4.78 is 6.69. The molecule has 0 saturated heterocycles. The van der Waals surface area contributed by atoms with Gasteiger partial charge in [0.05, 0.1) is 24.3 Å². The van der Waals surface area contributed by atoms with Crippen molar-refractivity contribution in [1.82, 2.24) is 9.55 Å². The van der Waals surface area contributed by atoms with Crippen molar-refractivity contribution in [2.75, 3.05) is 6.61 Å². The number of rotatable bonds is 7. The Kier molecular flexibility index (Phi) is 6.28. The number of aromatic nitrogens is 2. The van der Waals surface area contributed by atoms with Crippen LogP contribution in [-0.4, -0.2) is 27.0 Å². The van der Waals surface area contributed by atoms with Gasteiger partial charge < -0.3 is 9.84 Å². The zero-order chi connectivity index (χ0) is 21.7. The van der Waals surface area contributed by atoms with Crippen molar-refractivity contribution in [3.63, 3.8) is 0 Å². The molecule has 152 valence electrons. The van der Waals surface area contributed by atoms with Gasteiger partial charge in [0.1, 0.15) is 17.4 Å². The van der Waals surface area contributed by atoms with Crippen LogP contribution in [0.15, 0.2) is 53.6 Å². The van der Waals surface area contributed by atoms with Crippen LogP contribution in [0.3, 0.4) is 0 Å². The molecule has 0 aliphatic carbocycles. The van der Waals surface area contributed by atoms with Crippen LogP contribution in [0.1, 0.15) is 46.0 Å². The van der Waals surface area contributed by atoms with Crippen molar-refractivity contribution in [3.05, 3.63) is 87.0 Å². The van der Waals surface area contributed by atoms with Gasteiger partial charge in [-0.25, -0.2) is 0 Å². The Bertz CT molecular complexity index is 1180. The molecule has 30 heavy (non-hydrogen) atoms. The van der Waals surface area contributed by atoms with Gasteiger partial charge in [-0.1, -0.05) is 25.1 Å². The molecule has 0 radical (unpaired) electrons. The van der Waals surface area contributed by atoms with E-state index in [1.165, 1.54) is 6.92 Å². The molecule has 0 unspecified atom stereocenters. The number of hydrogen-bond acceptors (Lipinski definition) is 6. The van der Waals surface area contributed by atoms with Gasteiger partial charge >= 0.3 is 0 Å². The van der Waals surface area contributed by atoms with E-state index in [9.17, 15) is 20.0 Å². The summed E-state index contributed by atoms with van der Waals surface area (Å²) in [6.45, 7) is 3.84. The van der Waals surface area contributed by atoms with Gasteiger partial charge in [-0.05, 0) is 42.7 Å². The summed E-state index contributed by atoms with van der Waals surface area (Å²) in [5.41, 5.74) is 0.0864. The summed E-state index contributed by atoms with van der Waals surface area (Å²) in [6.07, 6.45) is 3.90. The first-order valence-electron chi connectivity index (χ1n) is 9.51. The number of hydrogen-bond donors (Lipinski definition) is 1. The van der Waals surface area contributed by atoms with E-state index in [4.69, 9.17) is 4.74 Å². The molecule has 0 aliphatic heterocycles. The molecule has 7 heteroatoms. The standard InChI is InChI=1S/C23H21N3O4/c1-3-11-30-19-9-5-4-8-17(19)21(27)20-15(2)18(12-24)22(28)26(23(20)29)14-16-7-6-10-25-13-16/h4-10,13,29H,3,11,14H2,1-2H3. The highest BCUT2D eigenvalue weighted by Gasteiger charge is 2.26. The zero-order valence-corrected chi connectivity index (χ0v) is 16.8. The van der Waals surface area contributed by atoms with Gasteiger partial charge in [0.2, 0.25) is 11.7 Å². The lowest BCUT2D eigenvalue weighted by Gasteiger charge is -2.17. The number of pyridine rings is 2. The number of benzene rings is 1. The van der Waals surface area contributed by atoms with Gasteiger partial charge in [0, 0.05) is 12.4 Å². The first-order chi connectivity index (χ1) is 14.5. The summed E-state index contributed by atoms with van der Waals surface area (Å²) in [7, 11) is 0. The zero-order valence-electron chi connectivity index (χ0n) is 16.8. The fourth-order valence-electron chi connectivity index (χ4n) is 3.17. The van der Waals surface area contributed by atoms with Crippen LogP contribution in [0.5, 0.6) is 11.6 Å². The Balaban J connectivity index is 2.18. The molecule has 1 N–H and O–H groups in total. The maximum Gasteiger partial charge on any atom is 0.271 e. The molecule has 0 spiro atoms. The van der Waals surface area contributed by atoms with Crippen LogP contribution in [0, 0.1) is 18.3 Å². The highest BCUT2D eigenvalue weighted by atomic mass is 16.5. The minimum Gasteiger partial charge on any atom is -0.494 e. The van der Waals surface area contributed by atoms with E-state index in [1.807, 2.05) is 13.0 Å². The van der Waals surface area contributed by atoms with Crippen LogP contribution in [0.25, 0.3) is 0 Å². The minimum atomic E-state index is -0.663. The van der Waals surface area contributed by atoms with Crippen LogP contribution in [-0.2, 0) is 6.54 Å². The largest absolute Gasteiger partial charge is 0.494 e. The molecule has 3 rings (SSSR count). The predicted molar refractivity (Wildman–Crippen MR) is 111 cm³/mol. The Morgan fingerprint density at radius 2 is 2.03 bits per heavy atom. The van der Waals surface area contributed by atoms with Crippen molar-refractivity contribution >= 4 is 5.78 Å².